The number of rotatable bonds is 15. The van der Waals surface area contributed by atoms with Crippen LogP contribution in [-0.2, 0) is 52.3 Å². The summed E-state index contributed by atoms with van der Waals surface area (Å²) in [5.41, 5.74) is 0. The zero-order valence-corrected chi connectivity index (χ0v) is 48.4. The van der Waals surface area contributed by atoms with Crippen molar-refractivity contribution < 1.29 is 119 Å². The molecule has 4 rings (SSSR count). The molecule has 26 atom stereocenters. The summed E-state index contributed by atoms with van der Waals surface area (Å²) in [6.45, 7) is 13.6. The van der Waals surface area contributed by atoms with Crippen molar-refractivity contribution in [3.05, 3.63) is 12.2 Å². The van der Waals surface area contributed by atoms with Crippen molar-refractivity contribution in [1.29, 1.82) is 0 Å². The highest BCUT2D eigenvalue weighted by Crippen LogP contribution is 2.41. The first kappa shape index (κ1) is 70.5. The summed E-state index contributed by atoms with van der Waals surface area (Å²) in [5, 5.41) is 143. The van der Waals surface area contributed by atoms with E-state index in [0.717, 1.165) is 12.5 Å². The molecule has 24 heteroatoms. The van der Waals surface area contributed by atoms with E-state index in [1.54, 1.807) is 48.5 Å². The SMILES string of the molecule is CCCCC(=O)O[C@@H]1C[C@@H](OC(C)C(C)C(O)C(C)C(O)C(C)C2OC(=O)/C=C/CC(O)CC(O)CC(O)CCC(C)C(O)C[C@]3(O)O[C@H](CC(O)CC(OC(=O)CC(=O)O)CCCC(O)C4OC4C2C)C[C@H](O)[C@H]3O)O[C@H](C)[C@@H]1O. The smallest absolute Gasteiger partial charge is 0.330 e. The Balaban J connectivity index is 1.53. The molecule has 470 valence electrons. The first-order valence-electron chi connectivity index (χ1n) is 29.3. The van der Waals surface area contributed by atoms with Crippen LogP contribution in [0.1, 0.15) is 165 Å². The van der Waals surface area contributed by atoms with Gasteiger partial charge in [0.05, 0.1) is 79.4 Å². The van der Waals surface area contributed by atoms with E-state index in [1.807, 2.05) is 6.92 Å². The molecule has 0 spiro atoms. The van der Waals surface area contributed by atoms with Crippen LogP contribution in [0.25, 0.3) is 0 Å². The maximum Gasteiger partial charge on any atom is 0.330 e. The molecule has 3 fully saturated rings. The van der Waals surface area contributed by atoms with Crippen LogP contribution in [0.15, 0.2) is 12.2 Å². The number of hydrogen-bond acceptors (Lipinski definition) is 23. The minimum atomic E-state index is -2.47. The molecule has 0 radical (unpaired) electrons. The number of carboxylic acids is 1. The molecule has 0 aromatic heterocycles. The van der Waals surface area contributed by atoms with Crippen molar-refractivity contribution in [2.75, 3.05) is 0 Å². The Labute approximate surface area is 475 Å². The van der Waals surface area contributed by atoms with E-state index in [9.17, 15) is 85.6 Å². The summed E-state index contributed by atoms with van der Waals surface area (Å²) in [4.78, 5) is 50.0. The molecule has 0 aromatic rings. The predicted octanol–water partition coefficient (Wildman–Crippen LogP) is 1.18. The first-order valence-corrected chi connectivity index (χ1v) is 29.3. The maximum absolute atomic E-state index is 13.6. The molecule has 3 saturated heterocycles. The lowest BCUT2D eigenvalue weighted by Gasteiger charge is -2.45. The van der Waals surface area contributed by atoms with Gasteiger partial charge in [0.15, 0.2) is 12.1 Å². The number of fused-ring (bicyclic) bond motifs is 3. The van der Waals surface area contributed by atoms with Crippen LogP contribution >= 0.6 is 0 Å². The Hall–Kier alpha value is -3.02. The van der Waals surface area contributed by atoms with Gasteiger partial charge in [-0.3, -0.25) is 14.4 Å². The zero-order chi connectivity index (χ0) is 60.6. The van der Waals surface area contributed by atoms with Crippen molar-refractivity contribution in [2.24, 2.45) is 29.6 Å². The Bertz CT molecular complexity index is 1940. The lowest BCUT2D eigenvalue weighted by Crippen LogP contribution is -2.59. The molecule has 0 amide bonds. The quantitative estimate of drug-likeness (QED) is 0.0474. The van der Waals surface area contributed by atoms with E-state index in [2.05, 4.69) is 0 Å². The minimum Gasteiger partial charge on any atom is -0.481 e. The minimum absolute atomic E-state index is 0.0265. The summed E-state index contributed by atoms with van der Waals surface area (Å²) in [6, 6.07) is 0. The summed E-state index contributed by atoms with van der Waals surface area (Å²) in [7, 11) is 0. The highest BCUT2D eigenvalue weighted by molar-refractivity contribution is 5.90. The van der Waals surface area contributed by atoms with Gasteiger partial charge in [-0.25, -0.2) is 4.79 Å². The maximum atomic E-state index is 13.6. The Morgan fingerprint density at radius 1 is 0.728 bits per heavy atom. The number of unbranched alkanes of at least 4 members (excludes halogenated alkanes) is 1. The molecule has 4 aliphatic heterocycles. The molecule has 0 aromatic carbocycles. The second-order valence-corrected chi connectivity index (χ2v) is 23.9. The Morgan fingerprint density at radius 2 is 1.40 bits per heavy atom. The van der Waals surface area contributed by atoms with Crippen LogP contribution in [0.2, 0.25) is 0 Å². The molecule has 18 unspecified atom stereocenters. The molecule has 81 heavy (non-hydrogen) atoms. The molecular formula is C57H98O24. The van der Waals surface area contributed by atoms with Crippen LogP contribution in [0.3, 0.4) is 0 Å². The number of ether oxygens (including phenoxy) is 7. The molecule has 2 bridgehead atoms. The van der Waals surface area contributed by atoms with Crippen molar-refractivity contribution >= 4 is 23.9 Å². The van der Waals surface area contributed by atoms with Gasteiger partial charge in [0, 0.05) is 61.9 Å². The number of hydrogen-bond donors (Lipinski definition) is 13. The Morgan fingerprint density at radius 3 is 2.06 bits per heavy atom. The number of aliphatic hydroxyl groups is 12. The van der Waals surface area contributed by atoms with E-state index in [0.29, 0.717) is 6.42 Å². The van der Waals surface area contributed by atoms with Gasteiger partial charge in [0.2, 0.25) is 0 Å². The van der Waals surface area contributed by atoms with Gasteiger partial charge < -0.3 is 99.5 Å². The summed E-state index contributed by atoms with van der Waals surface area (Å²) in [5.74, 6) is -10.0. The fourth-order valence-electron chi connectivity index (χ4n) is 11.5. The van der Waals surface area contributed by atoms with Gasteiger partial charge >= 0.3 is 23.9 Å². The lowest BCUT2D eigenvalue weighted by molar-refractivity contribution is -0.333. The highest BCUT2D eigenvalue weighted by Gasteiger charge is 2.53. The van der Waals surface area contributed by atoms with E-state index in [-0.39, 0.29) is 83.5 Å². The van der Waals surface area contributed by atoms with Crippen molar-refractivity contribution in [3.63, 3.8) is 0 Å². The van der Waals surface area contributed by atoms with Crippen molar-refractivity contribution in [3.8, 4) is 0 Å². The zero-order valence-electron chi connectivity index (χ0n) is 48.4. The number of cyclic esters (lactones) is 1. The first-order chi connectivity index (χ1) is 37.9. The molecular weight excluding hydrogens is 1070 g/mol. The van der Waals surface area contributed by atoms with E-state index >= 15 is 0 Å². The number of aliphatic carboxylic acids is 1. The van der Waals surface area contributed by atoms with Crippen LogP contribution < -0.4 is 0 Å². The number of esters is 3. The molecule has 0 saturated carbocycles. The van der Waals surface area contributed by atoms with Crippen LogP contribution in [-0.4, -0.2) is 218 Å². The summed E-state index contributed by atoms with van der Waals surface area (Å²) >= 11 is 0. The topological polar surface area (TPSA) is 399 Å². The molecule has 13 N–H and O–H groups in total. The molecule has 24 nitrogen and oxygen atoms in total. The van der Waals surface area contributed by atoms with E-state index < -0.39 is 194 Å². The molecule has 4 aliphatic rings. The average Bonchev–Trinajstić information content (AvgIpc) is 4.22. The van der Waals surface area contributed by atoms with Crippen LogP contribution in [0.4, 0.5) is 0 Å². The summed E-state index contributed by atoms with van der Waals surface area (Å²) < 4.78 is 41.0. The molecule has 4 heterocycles. The monoisotopic (exact) mass is 1170 g/mol. The average molecular weight is 1170 g/mol. The van der Waals surface area contributed by atoms with E-state index in [1.165, 1.54) is 6.08 Å². The second-order valence-electron chi connectivity index (χ2n) is 23.9. The van der Waals surface area contributed by atoms with Crippen LogP contribution in [0.5, 0.6) is 0 Å². The number of carbonyl (C=O) groups is 4. The third-order valence-corrected chi connectivity index (χ3v) is 16.9. The fraction of sp³-hybridized carbons (Fsp3) is 0.895. The summed E-state index contributed by atoms with van der Waals surface area (Å²) in [6.07, 6.45) is -20.3. The predicted molar refractivity (Wildman–Crippen MR) is 286 cm³/mol. The largest absolute Gasteiger partial charge is 0.481 e. The molecule has 0 aliphatic carbocycles. The van der Waals surface area contributed by atoms with E-state index in [4.69, 9.17) is 33.2 Å². The third-order valence-electron chi connectivity index (χ3n) is 16.9. The second kappa shape index (κ2) is 33.0. The van der Waals surface area contributed by atoms with Gasteiger partial charge in [0.25, 0.3) is 0 Å². The van der Waals surface area contributed by atoms with Crippen LogP contribution in [0, 0.1) is 29.6 Å². The lowest BCUT2D eigenvalue weighted by atomic mass is 9.77. The van der Waals surface area contributed by atoms with Gasteiger partial charge in [-0.1, -0.05) is 54.0 Å². The highest BCUT2D eigenvalue weighted by atomic mass is 16.7. The van der Waals surface area contributed by atoms with Crippen molar-refractivity contribution in [1.82, 2.24) is 0 Å². The van der Waals surface area contributed by atoms with Gasteiger partial charge in [-0.15, -0.1) is 0 Å². The number of carboxylic acid groups (broad SMARTS) is 1. The third kappa shape index (κ3) is 22.1. The number of aliphatic hydroxyl groups excluding tert-OH is 11. The van der Waals surface area contributed by atoms with Gasteiger partial charge in [-0.05, 0) is 84.0 Å². The number of epoxide rings is 1. The standard InChI is InChI=1S/C57H98O24/c1-9-10-16-46(67)78-44-25-49(76-34(8)52(44)72)75-33(7)29(3)50(70)30(4)51(71)31(5)53-32(6)54-55(80-54)41(62)15-12-14-39(77-48(69)26-45(65)66)22-38(61)23-40-24-42(63)56(73)57(74,81-40)27-43(64)28(2)18-19-36(59)21-37(60)20-35(58)13-11-17-47(68)79-53/h11,17,28-44,49-56,58-64,70-74H,9-10,12-16,18-27H2,1-8H3,(H,65,66)/b17-11+/t28?,29?,30?,31?,32?,33?,34-,35?,36?,37?,38?,39?,40-,41?,42+,43?,44-,49+,50?,51?,52+,53?,54?,55?,56-,57+/m1/s1. The normalized spacial score (nSPS) is 40.3. The van der Waals surface area contributed by atoms with Gasteiger partial charge in [-0.2, -0.15) is 0 Å². The van der Waals surface area contributed by atoms with Crippen molar-refractivity contribution in [2.45, 2.75) is 293 Å². The fourth-order valence-corrected chi connectivity index (χ4v) is 11.5. The number of carbonyl (C=O) groups excluding carboxylic acids is 3. The van der Waals surface area contributed by atoms with Gasteiger partial charge in [0.1, 0.15) is 43.0 Å². The Kier molecular flexibility index (Phi) is 28.7.